The minimum absolute atomic E-state index is 0.00997. The van der Waals surface area contributed by atoms with E-state index in [1.807, 2.05) is 23.4 Å². The fourth-order valence-electron chi connectivity index (χ4n) is 6.94. The highest BCUT2D eigenvalue weighted by molar-refractivity contribution is 5.93. The lowest BCUT2D eigenvalue weighted by molar-refractivity contribution is -0.134. The molecule has 2 aromatic carbocycles. The maximum atomic E-state index is 13.3. The molecule has 7 heteroatoms. The average molecular weight is 526 g/mol. The maximum absolute atomic E-state index is 13.3. The number of aromatic nitrogens is 1. The molecule has 0 saturated carbocycles. The van der Waals surface area contributed by atoms with Crippen LogP contribution in [-0.4, -0.2) is 71.4 Å². The number of nitrogens with zero attached hydrogens (tertiary/aromatic N) is 4. The van der Waals surface area contributed by atoms with E-state index < -0.39 is 0 Å². The number of nitrogens with one attached hydrogen (secondary N) is 1. The van der Waals surface area contributed by atoms with Gasteiger partial charge in [-0.25, -0.2) is 0 Å². The summed E-state index contributed by atoms with van der Waals surface area (Å²) < 4.78 is 0. The van der Waals surface area contributed by atoms with E-state index in [9.17, 15) is 9.59 Å². The minimum atomic E-state index is -0.0270. The third-order valence-corrected chi connectivity index (χ3v) is 9.13. The molecule has 3 aliphatic rings. The second-order valence-corrected chi connectivity index (χ2v) is 11.4. The summed E-state index contributed by atoms with van der Waals surface area (Å²) >= 11 is 0. The van der Waals surface area contributed by atoms with E-state index in [2.05, 4.69) is 68.6 Å². The Hall–Kier alpha value is -3.45. The van der Waals surface area contributed by atoms with Crippen molar-refractivity contribution < 1.29 is 9.59 Å². The second kappa shape index (κ2) is 11.3. The molecule has 3 aliphatic heterocycles. The Morgan fingerprint density at radius 1 is 0.923 bits per heavy atom. The van der Waals surface area contributed by atoms with E-state index in [4.69, 9.17) is 0 Å². The Balaban J connectivity index is 1.11. The number of carbonyl (C=O) groups is 2. The highest BCUT2D eigenvalue weighted by Gasteiger charge is 2.40. The van der Waals surface area contributed by atoms with Gasteiger partial charge in [-0.2, -0.15) is 0 Å². The molecule has 0 radical (unpaired) electrons. The lowest BCUT2D eigenvalue weighted by Gasteiger charge is -2.43. The molecule has 39 heavy (non-hydrogen) atoms. The van der Waals surface area contributed by atoms with Gasteiger partial charge in [0.05, 0.1) is 17.9 Å². The van der Waals surface area contributed by atoms with Gasteiger partial charge in [-0.15, -0.1) is 0 Å². The first kappa shape index (κ1) is 25.8. The maximum Gasteiger partial charge on any atom is 0.223 e. The molecule has 3 fully saturated rings. The normalized spacial score (nSPS) is 22.7. The summed E-state index contributed by atoms with van der Waals surface area (Å²) in [5, 5.41) is 5.88. The van der Waals surface area contributed by atoms with Crippen molar-refractivity contribution in [1.29, 1.82) is 0 Å². The molecular weight excluding hydrogens is 486 g/mol. The number of anilines is 1. The number of piperidine rings is 1. The summed E-state index contributed by atoms with van der Waals surface area (Å²) in [5.41, 5.74) is 2.41. The summed E-state index contributed by atoms with van der Waals surface area (Å²) in [6.07, 6.45) is 8.79. The first-order valence-corrected chi connectivity index (χ1v) is 14.5. The van der Waals surface area contributed by atoms with Gasteiger partial charge < -0.3 is 15.1 Å². The summed E-state index contributed by atoms with van der Waals surface area (Å²) in [4.78, 5) is 36.6. The zero-order chi connectivity index (χ0) is 26.8. The smallest absolute Gasteiger partial charge is 0.223 e. The van der Waals surface area contributed by atoms with Gasteiger partial charge in [0.25, 0.3) is 0 Å². The summed E-state index contributed by atoms with van der Waals surface area (Å²) in [7, 11) is 0. The fourth-order valence-corrected chi connectivity index (χ4v) is 6.94. The van der Waals surface area contributed by atoms with Crippen LogP contribution >= 0.6 is 0 Å². The molecule has 0 spiro atoms. The zero-order valence-corrected chi connectivity index (χ0v) is 22.8. The number of carbonyl (C=O) groups excluding carboxylic acids is 2. The molecule has 4 heterocycles. The van der Waals surface area contributed by atoms with E-state index in [1.54, 1.807) is 6.92 Å². The zero-order valence-electron chi connectivity index (χ0n) is 22.8. The number of piperazine rings is 1. The van der Waals surface area contributed by atoms with Crippen LogP contribution in [-0.2, 0) is 9.59 Å². The third kappa shape index (κ3) is 5.50. The van der Waals surface area contributed by atoms with Crippen molar-refractivity contribution in [2.24, 2.45) is 5.92 Å². The van der Waals surface area contributed by atoms with Crippen LogP contribution in [0.2, 0.25) is 0 Å². The highest BCUT2D eigenvalue weighted by Crippen LogP contribution is 2.36. The lowest BCUT2D eigenvalue weighted by Crippen LogP contribution is -2.54. The highest BCUT2D eigenvalue weighted by atomic mass is 16.2. The van der Waals surface area contributed by atoms with Crippen LogP contribution < -0.4 is 10.2 Å². The van der Waals surface area contributed by atoms with Gasteiger partial charge in [0, 0.05) is 74.6 Å². The third-order valence-electron chi connectivity index (χ3n) is 9.13. The Labute approximate surface area is 231 Å². The topological polar surface area (TPSA) is 68.8 Å². The summed E-state index contributed by atoms with van der Waals surface area (Å²) in [6, 6.07) is 20.0. The Bertz CT molecular complexity index is 1290. The predicted molar refractivity (Wildman–Crippen MR) is 154 cm³/mol. The molecular formula is C32H39N5O2. The molecule has 1 aromatic heterocycles. The Morgan fingerprint density at radius 3 is 2.33 bits per heavy atom. The van der Waals surface area contributed by atoms with Gasteiger partial charge in [-0.3, -0.25) is 19.5 Å². The SMILES string of the molecule is CC(=O)N1CCC(C(=O)NC(CCN2C3CCC2CN(c2cncc4ccccc24)C3)c2ccccc2)CC1. The van der Waals surface area contributed by atoms with E-state index in [0.717, 1.165) is 38.9 Å². The van der Waals surface area contributed by atoms with Gasteiger partial charge in [-0.05, 0) is 37.7 Å². The van der Waals surface area contributed by atoms with Crippen LogP contribution in [0.15, 0.2) is 67.0 Å². The van der Waals surface area contributed by atoms with E-state index in [0.29, 0.717) is 25.2 Å². The van der Waals surface area contributed by atoms with Crippen LogP contribution in [0, 0.1) is 5.92 Å². The number of fused-ring (bicyclic) bond motifs is 3. The summed E-state index contributed by atoms with van der Waals surface area (Å²) in [6.45, 7) is 5.95. The van der Waals surface area contributed by atoms with E-state index in [1.165, 1.54) is 34.9 Å². The molecule has 3 atom stereocenters. The van der Waals surface area contributed by atoms with E-state index >= 15 is 0 Å². The number of pyridine rings is 1. The van der Waals surface area contributed by atoms with Gasteiger partial charge >= 0.3 is 0 Å². The predicted octanol–water partition coefficient (Wildman–Crippen LogP) is 4.39. The number of hydrogen-bond donors (Lipinski definition) is 1. The van der Waals surface area contributed by atoms with Gasteiger partial charge in [0.15, 0.2) is 0 Å². The average Bonchev–Trinajstić information content (AvgIpc) is 3.21. The molecule has 6 rings (SSSR count). The molecule has 0 aliphatic carbocycles. The van der Waals surface area contributed by atoms with Crippen LogP contribution in [0.3, 0.4) is 0 Å². The monoisotopic (exact) mass is 525 g/mol. The fraction of sp³-hybridized carbons (Fsp3) is 0.469. The molecule has 3 unspecified atom stereocenters. The van der Waals surface area contributed by atoms with Crippen molar-refractivity contribution in [3.8, 4) is 0 Å². The number of benzene rings is 2. The van der Waals surface area contributed by atoms with Crippen LogP contribution in [0.1, 0.15) is 50.6 Å². The van der Waals surface area contributed by atoms with Crippen LogP contribution in [0.25, 0.3) is 10.8 Å². The first-order chi connectivity index (χ1) is 19.1. The van der Waals surface area contributed by atoms with Gasteiger partial charge in [0.2, 0.25) is 11.8 Å². The molecule has 2 amide bonds. The number of likely N-dealkylation sites (tertiary alicyclic amines) is 1. The molecule has 204 valence electrons. The molecule has 7 nitrogen and oxygen atoms in total. The number of amides is 2. The van der Waals surface area contributed by atoms with Crippen molar-refractivity contribution in [2.75, 3.05) is 37.6 Å². The molecule has 2 bridgehead atoms. The van der Waals surface area contributed by atoms with Crippen molar-refractivity contribution in [2.45, 2.75) is 57.2 Å². The molecule has 3 saturated heterocycles. The van der Waals surface area contributed by atoms with Crippen molar-refractivity contribution in [3.05, 3.63) is 72.6 Å². The van der Waals surface area contributed by atoms with Gasteiger partial charge in [-0.1, -0.05) is 54.6 Å². The van der Waals surface area contributed by atoms with Crippen molar-refractivity contribution >= 4 is 28.3 Å². The first-order valence-electron chi connectivity index (χ1n) is 14.5. The standard InChI is InChI=1S/C32H39N5O2/c1-23(38)35-16-13-25(14-17-35)32(39)34-30(24-7-3-2-4-8-24)15-18-37-27-11-12-28(37)22-36(21-27)31-20-33-19-26-9-5-6-10-29(26)31/h2-10,19-20,25,27-28,30H,11-18,21-22H2,1H3,(H,34,39). The van der Waals surface area contributed by atoms with E-state index in [-0.39, 0.29) is 23.8 Å². The van der Waals surface area contributed by atoms with Crippen molar-refractivity contribution in [1.82, 2.24) is 20.1 Å². The number of rotatable bonds is 7. The lowest BCUT2D eigenvalue weighted by atomic mass is 9.94. The number of hydrogen-bond acceptors (Lipinski definition) is 5. The van der Waals surface area contributed by atoms with Crippen molar-refractivity contribution in [3.63, 3.8) is 0 Å². The minimum Gasteiger partial charge on any atom is -0.367 e. The van der Waals surface area contributed by atoms with Gasteiger partial charge in [0.1, 0.15) is 0 Å². The quantitative estimate of drug-likeness (QED) is 0.496. The Kier molecular flexibility index (Phi) is 7.51. The second-order valence-electron chi connectivity index (χ2n) is 11.4. The Morgan fingerprint density at radius 2 is 1.62 bits per heavy atom. The molecule has 3 aromatic rings. The summed E-state index contributed by atoms with van der Waals surface area (Å²) in [5.74, 6) is 0.201. The van der Waals surface area contributed by atoms with Crippen LogP contribution in [0.5, 0.6) is 0 Å². The largest absolute Gasteiger partial charge is 0.367 e. The molecule has 1 N–H and O–H groups in total. The van der Waals surface area contributed by atoms with Crippen LogP contribution in [0.4, 0.5) is 5.69 Å².